The number of hydrogen-bond donors (Lipinski definition) is 3. The van der Waals surface area contributed by atoms with Crippen molar-refractivity contribution in [2.45, 2.75) is 6.54 Å². The Bertz CT molecular complexity index is 581. The Kier molecular flexibility index (Phi) is 2.93. The molecular weight excluding hydrogens is 220 g/mol. The Morgan fingerprint density at radius 3 is 2.88 bits per heavy atom. The lowest BCUT2D eigenvalue weighted by atomic mass is 10.1. The maximum atomic E-state index is 11.1. The van der Waals surface area contributed by atoms with Crippen molar-refractivity contribution in [2.24, 2.45) is 0 Å². The molecule has 0 unspecified atom stereocenters. The summed E-state index contributed by atoms with van der Waals surface area (Å²) < 4.78 is 0. The van der Waals surface area contributed by atoms with Gasteiger partial charge in [-0.3, -0.25) is 0 Å². The SMILES string of the molecule is CNCc1cc2cccc(O)c2nc1C(=O)O. The van der Waals surface area contributed by atoms with Crippen molar-refractivity contribution in [1.29, 1.82) is 0 Å². The predicted molar refractivity (Wildman–Crippen MR) is 63.1 cm³/mol. The van der Waals surface area contributed by atoms with E-state index in [1.54, 1.807) is 25.2 Å². The maximum Gasteiger partial charge on any atom is 0.354 e. The first kappa shape index (κ1) is 11.3. The molecule has 1 aromatic heterocycles. The van der Waals surface area contributed by atoms with Gasteiger partial charge in [-0.05, 0) is 24.7 Å². The number of aromatic nitrogens is 1. The zero-order chi connectivity index (χ0) is 12.4. The van der Waals surface area contributed by atoms with Crippen LogP contribution in [-0.2, 0) is 6.54 Å². The Morgan fingerprint density at radius 2 is 2.24 bits per heavy atom. The van der Waals surface area contributed by atoms with E-state index < -0.39 is 5.97 Å². The molecule has 0 fully saturated rings. The van der Waals surface area contributed by atoms with Crippen molar-refractivity contribution < 1.29 is 15.0 Å². The summed E-state index contributed by atoms with van der Waals surface area (Å²) >= 11 is 0. The number of nitrogens with one attached hydrogen (secondary N) is 1. The molecule has 0 aliphatic heterocycles. The number of nitrogens with zero attached hydrogens (tertiary/aromatic N) is 1. The van der Waals surface area contributed by atoms with Gasteiger partial charge in [0.05, 0.1) is 0 Å². The smallest absolute Gasteiger partial charge is 0.354 e. The van der Waals surface area contributed by atoms with Gasteiger partial charge in [-0.15, -0.1) is 0 Å². The number of carboxylic acids is 1. The van der Waals surface area contributed by atoms with Crippen LogP contribution in [0.2, 0.25) is 0 Å². The summed E-state index contributed by atoms with van der Waals surface area (Å²) in [5, 5.41) is 22.3. The van der Waals surface area contributed by atoms with Crippen LogP contribution in [-0.4, -0.2) is 28.2 Å². The van der Waals surface area contributed by atoms with E-state index in [2.05, 4.69) is 10.3 Å². The standard InChI is InChI=1S/C12H12N2O3/c1-13-6-8-5-7-3-2-4-9(15)10(7)14-11(8)12(16)17/h2-5,13,15H,6H2,1H3,(H,16,17). The second kappa shape index (κ2) is 4.39. The Hall–Kier alpha value is -2.14. The molecule has 5 heteroatoms. The highest BCUT2D eigenvalue weighted by Crippen LogP contribution is 2.24. The number of benzene rings is 1. The monoisotopic (exact) mass is 232 g/mol. The van der Waals surface area contributed by atoms with Crippen molar-refractivity contribution in [2.75, 3.05) is 7.05 Å². The fourth-order valence-electron chi connectivity index (χ4n) is 1.74. The highest BCUT2D eigenvalue weighted by atomic mass is 16.4. The second-order valence-electron chi connectivity index (χ2n) is 3.68. The zero-order valence-electron chi connectivity index (χ0n) is 9.27. The molecule has 17 heavy (non-hydrogen) atoms. The van der Waals surface area contributed by atoms with Gasteiger partial charge in [0.15, 0.2) is 5.69 Å². The molecule has 0 bridgehead atoms. The van der Waals surface area contributed by atoms with E-state index >= 15 is 0 Å². The molecule has 1 aromatic carbocycles. The first-order chi connectivity index (χ1) is 8.13. The number of rotatable bonds is 3. The van der Waals surface area contributed by atoms with Crippen LogP contribution in [0.25, 0.3) is 10.9 Å². The summed E-state index contributed by atoms with van der Waals surface area (Å²) in [5.41, 5.74) is 0.871. The molecule has 2 rings (SSSR count). The third-order valence-electron chi connectivity index (χ3n) is 2.47. The Balaban J connectivity index is 2.72. The molecule has 5 nitrogen and oxygen atoms in total. The number of phenolic OH excluding ortho intramolecular Hbond substituents is 1. The number of para-hydroxylation sites is 1. The zero-order valence-corrected chi connectivity index (χ0v) is 9.27. The topological polar surface area (TPSA) is 82.5 Å². The number of carbonyl (C=O) groups is 1. The van der Waals surface area contributed by atoms with Crippen molar-refractivity contribution in [1.82, 2.24) is 10.3 Å². The van der Waals surface area contributed by atoms with Gasteiger partial charge in [-0.1, -0.05) is 12.1 Å². The second-order valence-corrected chi connectivity index (χ2v) is 3.68. The van der Waals surface area contributed by atoms with Crippen LogP contribution in [0.15, 0.2) is 24.3 Å². The lowest BCUT2D eigenvalue weighted by Gasteiger charge is -2.07. The van der Waals surface area contributed by atoms with Crippen LogP contribution < -0.4 is 5.32 Å². The summed E-state index contributed by atoms with van der Waals surface area (Å²) in [6.45, 7) is 0.417. The van der Waals surface area contributed by atoms with E-state index in [1.165, 1.54) is 6.07 Å². The Labute approximate surface area is 97.7 Å². The van der Waals surface area contributed by atoms with Crippen LogP contribution >= 0.6 is 0 Å². The van der Waals surface area contributed by atoms with Gasteiger partial charge in [-0.25, -0.2) is 9.78 Å². The molecule has 0 amide bonds. The summed E-state index contributed by atoms with van der Waals surface area (Å²) in [6, 6.07) is 6.69. The molecule has 0 aliphatic carbocycles. The van der Waals surface area contributed by atoms with Crippen molar-refractivity contribution in [3.05, 3.63) is 35.5 Å². The number of carboxylic acid groups (broad SMARTS) is 1. The molecule has 0 saturated heterocycles. The number of hydrogen-bond acceptors (Lipinski definition) is 4. The highest BCUT2D eigenvalue weighted by Gasteiger charge is 2.14. The van der Waals surface area contributed by atoms with Gasteiger partial charge in [-0.2, -0.15) is 0 Å². The molecule has 2 aromatic rings. The molecule has 88 valence electrons. The first-order valence-corrected chi connectivity index (χ1v) is 5.13. The summed E-state index contributed by atoms with van der Waals surface area (Å²) in [5.74, 6) is -1.11. The molecule has 3 N–H and O–H groups in total. The van der Waals surface area contributed by atoms with E-state index in [0.29, 0.717) is 17.6 Å². The molecule has 0 atom stereocenters. The van der Waals surface area contributed by atoms with Crippen LogP contribution in [0.4, 0.5) is 0 Å². The lowest BCUT2D eigenvalue weighted by Crippen LogP contribution is -2.12. The number of pyridine rings is 1. The van der Waals surface area contributed by atoms with Crippen LogP contribution in [0.3, 0.4) is 0 Å². The maximum absolute atomic E-state index is 11.1. The van der Waals surface area contributed by atoms with Gasteiger partial charge >= 0.3 is 5.97 Å². The number of fused-ring (bicyclic) bond motifs is 1. The first-order valence-electron chi connectivity index (χ1n) is 5.13. The molecule has 1 heterocycles. The van der Waals surface area contributed by atoms with Crippen molar-refractivity contribution in [3.8, 4) is 5.75 Å². The summed E-state index contributed by atoms with van der Waals surface area (Å²) in [4.78, 5) is 15.1. The summed E-state index contributed by atoms with van der Waals surface area (Å²) in [6.07, 6.45) is 0. The van der Waals surface area contributed by atoms with E-state index in [4.69, 9.17) is 5.11 Å². The van der Waals surface area contributed by atoms with E-state index in [1.807, 2.05) is 0 Å². The number of aromatic hydroxyl groups is 1. The molecule has 0 spiro atoms. The fourth-order valence-corrected chi connectivity index (χ4v) is 1.74. The molecule has 0 saturated carbocycles. The quantitative estimate of drug-likeness (QED) is 0.744. The Morgan fingerprint density at radius 1 is 1.47 bits per heavy atom. The largest absolute Gasteiger partial charge is 0.506 e. The van der Waals surface area contributed by atoms with E-state index in [9.17, 15) is 9.90 Å². The highest BCUT2D eigenvalue weighted by molar-refractivity contribution is 5.93. The van der Waals surface area contributed by atoms with Crippen LogP contribution in [0.1, 0.15) is 16.1 Å². The molecule has 0 aliphatic rings. The molecular formula is C12H12N2O3. The van der Waals surface area contributed by atoms with Crippen molar-refractivity contribution >= 4 is 16.9 Å². The van der Waals surface area contributed by atoms with Gasteiger partial charge < -0.3 is 15.5 Å². The van der Waals surface area contributed by atoms with Crippen LogP contribution in [0.5, 0.6) is 5.75 Å². The average molecular weight is 232 g/mol. The fraction of sp³-hybridized carbons (Fsp3) is 0.167. The van der Waals surface area contributed by atoms with Gasteiger partial charge in [0.2, 0.25) is 0 Å². The normalized spacial score (nSPS) is 10.6. The number of aromatic carboxylic acids is 1. The third-order valence-corrected chi connectivity index (χ3v) is 2.47. The van der Waals surface area contributed by atoms with Gasteiger partial charge in [0, 0.05) is 11.9 Å². The van der Waals surface area contributed by atoms with Crippen LogP contribution in [0, 0.1) is 0 Å². The van der Waals surface area contributed by atoms with Gasteiger partial charge in [0.1, 0.15) is 11.3 Å². The minimum Gasteiger partial charge on any atom is -0.506 e. The predicted octanol–water partition coefficient (Wildman–Crippen LogP) is 1.36. The minimum atomic E-state index is -1.10. The lowest BCUT2D eigenvalue weighted by molar-refractivity contribution is 0.0689. The minimum absolute atomic E-state index is 0.0130. The van der Waals surface area contributed by atoms with Crippen molar-refractivity contribution in [3.63, 3.8) is 0 Å². The molecule has 0 radical (unpaired) electrons. The third kappa shape index (κ3) is 2.05. The van der Waals surface area contributed by atoms with Gasteiger partial charge in [0.25, 0.3) is 0 Å². The van der Waals surface area contributed by atoms with E-state index in [-0.39, 0.29) is 11.4 Å². The summed E-state index contributed by atoms with van der Waals surface area (Å²) in [7, 11) is 1.73. The van der Waals surface area contributed by atoms with E-state index in [0.717, 1.165) is 5.39 Å². The number of phenols is 1. The average Bonchev–Trinajstić information content (AvgIpc) is 2.29.